The maximum Gasteiger partial charge on any atom is 0.0193 e. The van der Waals surface area contributed by atoms with E-state index in [9.17, 15) is 0 Å². The smallest absolute Gasteiger partial charge is 0.0193 e. The molecule has 0 bridgehead atoms. The third kappa shape index (κ3) is 0.710. The molecular formula is C8H17N. The Hall–Kier alpha value is -0.0400. The van der Waals surface area contributed by atoms with E-state index in [0.29, 0.717) is 5.54 Å². The van der Waals surface area contributed by atoms with E-state index >= 15 is 0 Å². The first-order chi connectivity index (χ1) is 3.98. The highest BCUT2D eigenvalue weighted by Gasteiger charge is 2.46. The minimum absolute atomic E-state index is 0.444. The fraction of sp³-hybridized carbons (Fsp3) is 1.00. The third-order valence-corrected chi connectivity index (χ3v) is 3.36. The molecule has 54 valence electrons. The Balaban J connectivity index is 2.62. The maximum atomic E-state index is 2.43. The van der Waals surface area contributed by atoms with E-state index < -0.39 is 0 Å². The van der Waals surface area contributed by atoms with Crippen molar-refractivity contribution in [1.29, 1.82) is 0 Å². The number of likely N-dealkylation sites (tertiary alicyclic amines) is 1. The van der Waals surface area contributed by atoms with Gasteiger partial charge < -0.3 is 0 Å². The number of hydrogen-bond donors (Lipinski definition) is 0. The molecular weight excluding hydrogens is 110 g/mol. The summed E-state index contributed by atoms with van der Waals surface area (Å²) in [5, 5.41) is 0. The molecule has 1 heterocycles. The van der Waals surface area contributed by atoms with Crippen LogP contribution < -0.4 is 0 Å². The second-order valence-corrected chi connectivity index (χ2v) is 3.79. The van der Waals surface area contributed by atoms with Crippen LogP contribution in [0.2, 0.25) is 0 Å². The van der Waals surface area contributed by atoms with Gasteiger partial charge in [-0.2, -0.15) is 0 Å². The summed E-state index contributed by atoms with van der Waals surface area (Å²) in [6, 6.07) is 0.778. The lowest BCUT2D eigenvalue weighted by Crippen LogP contribution is -2.66. The minimum Gasteiger partial charge on any atom is -0.298 e. The van der Waals surface area contributed by atoms with Crippen LogP contribution >= 0.6 is 0 Å². The first kappa shape index (κ1) is 7.07. The van der Waals surface area contributed by atoms with Crippen LogP contribution in [0.5, 0.6) is 0 Å². The zero-order valence-corrected chi connectivity index (χ0v) is 7.10. The van der Waals surface area contributed by atoms with Gasteiger partial charge in [0, 0.05) is 11.6 Å². The van der Waals surface area contributed by atoms with Crippen LogP contribution in [0.25, 0.3) is 0 Å². The van der Waals surface area contributed by atoms with Crippen LogP contribution in [0.4, 0.5) is 0 Å². The summed E-state index contributed by atoms with van der Waals surface area (Å²) in [4.78, 5) is 2.43. The molecule has 0 radical (unpaired) electrons. The summed E-state index contributed by atoms with van der Waals surface area (Å²) < 4.78 is 0. The lowest BCUT2D eigenvalue weighted by atomic mass is 9.73. The summed E-state index contributed by atoms with van der Waals surface area (Å²) >= 11 is 0. The van der Waals surface area contributed by atoms with Crippen LogP contribution in [0, 0.1) is 5.92 Å². The molecule has 2 unspecified atom stereocenters. The molecule has 0 aromatic rings. The molecule has 0 saturated carbocycles. The van der Waals surface area contributed by atoms with Crippen molar-refractivity contribution in [2.24, 2.45) is 5.92 Å². The molecule has 0 aromatic carbocycles. The molecule has 0 aromatic heterocycles. The van der Waals surface area contributed by atoms with Gasteiger partial charge >= 0.3 is 0 Å². The van der Waals surface area contributed by atoms with Gasteiger partial charge in [-0.05, 0) is 33.7 Å². The average molecular weight is 127 g/mol. The molecule has 1 saturated heterocycles. The van der Waals surface area contributed by atoms with Crippen molar-refractivity contribution in [2.75, 3.05) is 7.05 Å². The highest BCUT2D eigenvalue weighted by atomic mass is 15.3. The molecule has 1 heteroatoms. The molecule has 0 spiro atoms. The summed E-state index contributed by atoms with van der Waals surface area (Å²) in [5.41, 5.74) is 0.444. The van der Waals surface area contributed by atoms with Crippen LogP contribution in [0.3, 0.4) is 0 Å². The number of nitrogens with zero attached hydrogens (tertiary/aromatic N) is 1. The Morgan fingerprint density at radius 3 is 1.78 bits per heavy atom. The van der Waals surface area contributed by atoms with E-state index in [1.165, 1.54) is 0 Å². The molecule has 0 amide bonds. The van der Waals surface area contributed by atoms with E-state index in [1.807, 2.05) is 0 Å². The number of hydrogen-bond acceptors (Lipinski definition) is 1. The van der Waals surface area contributed by atoms with Gasteiger partial charge in [0.1, 0.15) is 0 Å². The summed E-state index contributed by atoms with van der Waals surface area (Å²) in [6.45, 7) is 9.22. The minimum atomic E-state index is 0.444. The highest BCUT2D eigenvalue weighted by Crippen LogP contribution is 2.39. The Labute approximate surface area is 58.0 Å². The summed E-state index contributed by atoms with van der Waals surface area (Å²) in [5.74, 6) is 0.850. The van der Waals surface area contributed by atoms with Crippen molar-refractivity contribution < 1.29 is 0 Å². The van der Waals surface area contributed by atoms with Crippen molar-refractivity contribution in [3.05, 3.63) is 0 Å². The van der Waals surface area contributed by atoms with Crippen molar-refractivity contribution in [2.45, 2.75) is 39.3 Å². The Morgan fingerprint density at radius 1 is 1.22 bits per heavy atom. The van der Waals surface area contributed by atoms with Crippen LogP contribution in [-0.4, -0.2) is 23.5 Å². The maximum absolute atomic E-state index is 2.43. The van der Waals surface area contributed by atoms with E-state index in [-0.39, 0.29) is 0 Å². The van der Waals surface area contributed by atoms with E-state index in [0.717, 1.165) is 12.0 Å². The fourth-order valence-electron chi connectivity index (χ4n) is 1.69. The molecule has 2 atom stereocenters. The van der Waals surface area contributed by atoms with Gasteiger partial charge in [0.05, 0.1) is 0 Å². The SMILES string of the molecule is CC1C(C)C(C)(C)N1C. The normalized spacial score (nSPS) is 42.3. The van der Waals surface area contributed by atoms with Crippen molar-refractivity contribution in [1.82, 2.24) is 4.90 Å². The first-order valence-corrected chi connectivity index (χ1v) is 3.71. The lowest BCUT2D eigenvalue weighted by Gasteiger charge is -2.58. The predicted molar refractivity (Wildman–Crippen MR) is 40.5 cm³/mol. The Morgan fingerprint density at radius 2 is 1.67 bits per heavy atom. The quantitative estimate of drug-likeness (QED) is 0.479. The average Bonchev–Trinajstić information content (AvgIpc) is 1.84. The largest absolute Gasteiger partial charge is 0.298 e. The molecule has 1 rings (SSSR count). The van der Waals surface area contributed by atoms with Gasteiger partial charge in [-0.3, -0.25) is 4.90 Å². The molecule has 0 aliphatic carbocycles. The standard InChI is InChI=1S/C8H17N/c1-6-7(2)9(5)8(6,3)4/h6-7H,1-5H3. The molecule has 1 aliphatic rings. The third-order valence-electron chi connectivity index (χ3n) is 3.36. The second kappa shape index (κ2) is 1.72. The molecule has 9 heavy (non-hydrogen) atoms. The van der Waals surface area contributed by atoms with E-state index in [2.05, 4.69) is 39.6 Å². The second-order valence-electron chi connectivity index (χ2n) is 3.79. The first-order valence-electron chi connectivity index (χ1n) is 3.71. The summed E-state index contributed by atoms with van der Waals surface area (Å²) in [7, 11) is 2.20. The molecule has 1 fully saturated rings. The van der Waals surface area contributed by atoms with Crippen LogP contribution in [0.15, 0.2) is 0 Å². The number of rotatable bonds is 0. The van der Waals surface area contributed by atoms with Gasteiger partial charge in [0.25, 0.3) is 0 Å². The molecule has 0 N–H and O–H groups in total. The van der Waals surface area contributed by atoms with Gasteiger partial charge in [0.15, 0.2) is 0 Å². The van der Waals surface area contributed by atoms with Crippen LogP contribution in [-0.2, 0) is 0 Å². The van der Waals surface area contributed by atoms with E-state index in [1.54, 1.807) is 0 Å². The Kier molecular flexibility index (Phi) is 1.35. The Bertz CT molecular complexity index is 106. The highest BCUT2D eigenvalue weighted by molar-refractivity contribution is 5.01. The van der Waals surface area contributed by atoms with Crippen molar-refractivity contribution in [3.8, 4) is 0 Å². The molecule has 1 nitrogen and oxygen atoms in total. The van der Waals surface area contributed by atoms with E-state index in [4.69, 9.17) is 0 Å². The predicted octanol–water partition coefficient (Wildman–Crippen LogP) is 1.74. The fourth-order valence-corrected chi connectivity index (χ4v) is 1.69. The van der Waals surface area contributed by atoms with Gasteiger partial charge in [-0.25, -0.2) is 0 Å². The summed E-state index contributed by atoms with van der Waals surface area (Å²) in [6.07, 6.45) is 0. The van der Waals surface area contributed by atoms with Gasteiger partial charge in [0.2, 0.25) is 0 Å². The lowest BCUT2D eigenvalue weighted by molar-refractivity contribution is -0.0801. The monoisotopic (exact) mass is 127 g/mol. The van der Waals surface area contributed by atoms with Gasteiger partial charge in [-0.1, -0.05) is 6.92 Å². The van der Waals surface area contributed by atoms with Crippen LogP contribution in [0.1, 0.15) is 27.7 Å². The van der Waals surface area contributed by atoms with Gasteiger partial charge in [-0.15, -0.1) is 0 Å². The molecule has 1 aliphatic heterocycles. The zero-order valence-electron chi connectivity index (χ0n) is 7.10. The topological polar surface area (TPSA) is 3.24 Å². The van der Waals surface area contributed by atoms with Crippen molar-refractivity contribution >= 4 is 0 Å². The van der Waals surface area contributed by atoms with Crippen molar-refractivity contribution in [3.63, 3.8) is 0 Å². The zero-order chi connectivity index (χ0) is 7.23.